The molecular weight excluding hydrogens is 262 g/mol. The Morgan fingerprint density at radius 3 is 2.67 bits per heavy atom. The Hall–Kier alpha value is -2.17. The van der Waals surface area contributed by atoms with Gasteiger partial charge in [0.2, 0.25) is 0 Å². The van der Waals surface area contributed by atoms with Gasteiger partial charge in [0.1, 0.15) is 11.6 Å². The van der Waals surface area contributed by atoms with Crippen molar-refractivity contribution in [1.82, 2.24) is 15.0 Å². The van der Waals surface area contributed by atoms with E-state index in [-0.39, 0.29) is 0 Å². The van der Waals surface area contributed by atoms with Gasteiger partial charge < -0.3 is 9.80 Å². The first-order valence-electron chi connectivity index (χ1n) is 7.41. The van der Waals surface area contributed by atoms with Crippen LogP contribution in [0.15, 0.2) is 36.8 Å². The van der Waals surface area contributed by atoms with Crippen LogP contribution in [0.1, 0.15) is 18.5 Å². The molecule has 1 fully saturated rings. The van der Waals surface area contributed by atoms with Crippen molar-refractivity contribution in [3.63, 3.8) is 0 Å². The van der Waals surface area contributed by atoms with Crippen molar-refractivity contribution >= 4 is 11.6 Å². The van der Waals surface area contributed by atoms with E-state index in [1.54, 1.807) is 6.20 Å². The summed E-state index contributed by atoms with van der Waals surface area (Å²) in [6, 6.07) is 6.60. The minimum atomic E-state index is 0.536. The molecule has 0 aromatic carbocycles. The van der Waals surface area contributed by atoms with Crippen molar-refractivity contribution < 1.29 is 0 Å². The fraction of sp³-hybridized carbons (Fsp3) is 0.438. The second kappa shape index (κ2) is 6.08. The molecule has 2 aromatic rings. The largest absolute Gasteiger partial charge is 0.357 e. The third-order valence-electron chi connectivity index (χ3n) is 4.09. The third-order valence-corrected chi connectivity index (χ3v) is 4.09. The molecule has 3 rings (SSSR count). The fourth-order valence-electron chi connectivity index (χ4n) is 2.83. The Morgan fingerprint density at radius 2 is 2.00 bits per heavy atom. The first kappa shape index (κ1) is 13.8. The summed E-state index contributed by atoms with van der Waals surface area (Å²) in [5.74, 6) is 2.04. The van der Waals surface area contributed by atoms with Gasteiger partial charge >= 0.3 is 0 Å². The average Bonchev–Trinajstić information content (AvgIpc) is 2.55. The van der Waals surface area contributed by atoms with E-state index in [1.165, 1.54) is 0 Å². The summed E-state index contributed by atoms with van der Waals surface area (Å²) >= 11 is 0. The summed E-state index contributed by atoms with van der Waals surface area (Å²) in [7, 11) is 2.13. The van der Waals surface area contributed by atoms with Gasteiger partial charge in [-0.2, -0.15) is 0 Å². The smallest absolute Gasteiger partial charge is 0.147 e. The van der Waals surface area contributed by atoms with Crippen LogP contribution in [0.25, 0.3) is 0 Å². The van der Waals surface area contributed by atoms with Gasteiger partial charge in [-0.1, -0.05) is 6.07 Å². The van der Waals surface area contributed by atoms with Crippen molar-refractivity contribution in [1.29, 1.82) is 0 Å². The lowest BCUT2D eigenvalue weighted by molar-refractivity contribution is 0.477. The van der Waals surface area contributed by atoms with Crippen molar-refractivity contribution in [2.75, 3.05) is 29.9 Å². The second-order valence-electron chi connectivity index (χ2n) is 5.54. The minimum Gasteiger partial charge on any atom is -0.357 e. The molecule has 5 nitrogen and oxygen atoms in total. The number of aromatic nitrogens is 3. The van der Waals surface area contributed by atoms with E-state index in [1.807, 2.05) is 31.5 Å². The fourth-order valence-corrected chi connectivity index (χ4v) is 2.83. The van der Waals surface area contributed by atoms with E-state index in [0.717, 1.165) is 43.3 Å². The molecule has 0 bridgehead atoms. The van der Waals surface area contributed by atoms with Gasteiger partial charge in [0, 0.05) is 38.6 Å². The second-order valence-corrected chi connectivity index (χ2v) is 5.54. The van der Waals surface area contributed by atoms with E-state index in [2.05, 4.69) is 37.9 Å². The quantitative estimate of drug-likeness (QED) is 0.865. The molecule has 1 aliphatic heterocycles. The lowest BCUT2D eigenvalue weighted by atomic mass is 10.0. The number of anilines is 2. The molecule has 0 spiro atoms. The van der Waals surface area contributed by atoms with Crippen LogP contribution in [0.3, 0.4) is 0 Å². The molecule has 110 valence electrons. The van der Waals surface area contributed by atoms with Crippen LogP contribution in [0.2, 0.25) is 0 Å². The number of rotatable bonds is 3. The lowest BCUT2D eigenvalue weighted by Crippen LogP contribution is -2.44. The number of hydrogen-bond acceptors (Lipinski definition) is 5. The predicted molar refractivity (Wildman–Crippen MR) is 84.6 cm³/mol. The van der Waals surface area contributed by atoms with Crippen molar-refractivity contribution in [2.45, 2.75) is 25.8 Å². The van der Waals surface area contributed by atoms with E-state index in [0.29, 0.717) is 6.04 Å². The molecule has 3 heterocycles. The van der Waals surface area contributed by atoms with E-state index < -0.39 is 0 Å². The molecule has 1 saturated heterocycles. The van der Waals surface area contributed by atoms with Gasteiger partial charge in [0.15, 0.2) is 0 Å². The highest BCUT2D eigenvalue weighted by Crippen LogP contribution is 2.22. The van der Waals surface area contributed by atoms with E-state index in [9.17, 15) is 0 Å². The summed E-state index contributed by atoms with van der Waals surface area (Å²) in [5, 5.41) is 0. The third kappa shape index (κ3) is 3.12. The van der Waals surface area contributed by atoms with Crippen LogP contribution in [0, 0.1) is 6.92 Å². The molecule has 0 amide bonds. The summed E-state index contributed by atoms with van der Waals surface area (Å²) in [6.45, 7) is 4.01. The molecule has 1 aliphatic rings. The standard InChI is InChI=1S/C16H21N5/c1-13-11-17-12-16(19-13)21-9-6-14(7-10-21)20(2)15-5-3-4-8-18-15/h3-5,8,11-12,14H,6-7,9-10H2,1-2H3. The Labute approximate surface area is 125 Å². The first-order chi connectivity index (χ1) is 10.2. The molecule has 21 heavy (non-hydrogen) atoms. The maximum absolute atomic E-state index is 4.56. The van der Waals surface area contributed by atoms with Crippen LogP contribution < -0.4 is 9.80 Å². The summed E-state index contributed by atoms with van der Waals surface area (Å²) in [6.07, 6.45) is 7.73. The Morgan fingerprint density at radius 1 is 1.19 bits per heavy atom. The zero-order valence-electron chi connectivity index (χ0n) is 12.6. The van der Waals surface area contributed by atoms with Gasteiger partial charge in [-0.05, 0) is 31.9 Å². The van der Waals surface area contributed by atoms with Gasteiger partial charge in [-0.25, -0.2) is 9.97 Å². The average molecular weight is 283 g/mol. The topological polar surface area (TPSA) is 45.2 Å². The number of nitrogens with zero attached hydrogens (tertiary/aromatic N) is 5. The van der Waals surface area contributed by atoms with Crippen molar-refractivity contribution in [3.05, 3.63) is 42.5 Å². The molecule has 0 saturated carbocycles. The Kier molecular flexibility index (Phi) is 3.99. The Balaban J connectivity index is 1.63. The van der Waals surface area contributed by atoms with Crippen LogP contribution in [0.5, 0.6) is 0 Å². The molecular formula is C16H21N5. The lowest BCUT2D eigenvalue weighted by Gasteiger charge is -2.37. The Bertz CT molecular complexity index is 578. The maximum Gasteiger partial charge on any atom is 0.147 e. The maximum atomic E-state index is 4.56. The highest BCUT2D eigenvalue weighted by Gasteiger charge is 2.24. The number of hydrogen-bond donors (Lipinski definition) is 0. The zero-order valence-corrected chi connectivity index (χ0v) is 12.6. The van der Waals surface area contributed by atoms with Crippen molar-refractivity contribution in [3.8, 4) is 0 Å². The van der Waals surface area contributed by atoms with Gasteiger partial charge in [0.25, 0.3) is 0 Å². The first-order valence-corrected chi connectivity index (χ1v) is 7.41. The summed E-state index contributed by atoms with van der Waals surface area (Å²) < 4.78 is 0. The number of aryl methyl sites for hydroxylation is 1. The highest BCUT2D eigenvalue weighted by atomic mass is 15.2. The predicted octanol–water partition coefficient (Wildman–Crippen LogP) is 2.29. The number of piperidine rings is 1. The van der Waals surface area contributed by atoms with Crippen molar-refractivity contribution in [2.24, 2.45) is 0 Å². The summed E-state index contributed by atoms with van der Waals surface area (Å²) in [5.41, 5.74) is 0.972. The molecule has 2 aromatic heterocycles. The molecule has 0 aliphatic carbocycles. The minimum absolute atomic E-state index is 0.536. The number of pyridine rings is 1. The molecule has 0 unspecified atom stereocenters. The highest BCUT2D eigenvalue weighted by molar-refractivity contribution is 5.40. The van der Waals surface area contributed by atoms with E-state index in [4.69, 9.17) is 0 Å². The van der Waals surface area contributed by atoms with Gasteiger partial charge in [-0.15, -0.1) is 0 Å². The van der Waals surface area contributed by atoms with Crippen LogP contribution >= 0.6 is 0 Å². The molecule has 0 atom stereocenters. The molecule has 0 radical (unpaired) electrons. The van der Waals surface area contributed by atoms with Gasteiger partial charge in [0.05, 0.1) is 11.9 Å². The zero-order chi connectivity index (χ0) is 14.7. The molecule has 0 N–H and O–H groups in total. The van der Waals surface area contributed by atoms with Crippen LogP contribution in [-0.4, -0.2) is 41.1 Å². The SMILES string of the molecule is Cc1cncc(N2CCC(N(C)c3ccccn3)CC2)n1. The van der Waals surface area contributed by atoms with Gasteiger partial charge in [-0.3, -0.25) is 4.98 Å². The monoisotopic (exact) mass is 283 g/mol. The van der Waals surface area contributed by atoms with Crippen LogP contribution in [0.4, 0.5) is 11.6 Å². The normalized spacial score (nSPS) is 16.0. The molecule has 5 heteroatoms. The van der Waals surface area contributed by atoms with Crippen LogP contribution in [-0.2, 0) is 0 Å². The summed E-state index contributed by atoms with van der Waals surface area (Å²) in [4.78, 5) is 17.8. The van der Waals surface area contributed by atoms with E-state index >= 15 is 0 Å².